The Morgan fingerprint density at radius 1 is 0.519 bits per heavy atom. The molecule has 2 aliphatic carbocycles. The summed E-state index contributed by atoms with van der Waals surface area (Å²) in [4.78, 5) is 2.42. The van der Waals surface area contributed by atoms with Gasteiger partial charge < -0.3 is 9.47 Å². The third kappa shape index (κ3) is 5.09. The van der Waals surface area contributed by atoms with Crippen LogP contribution >= 0.6 is 0 Å². The molecule has 0 spiro atoms. The van der Waals surface area contributed by atoms with Crippen molar-refractivity contribution in [2.75, 3.05) is 4.90 Å². The van der Waals surface area contributed by atoms with Gasteiger partial charge in [0.1, 0.15) is 0 Å². The predicted octanol–water partition coefficient (Wildman–Crippen LogP) is 12.0. The number of hydrogen-bond acceptors (Lipinski definition) is 1. The SMILES string of the molecule is CC1(c2ccc(N(c3ccc(-c4ccccc4)cc3)c3ccc4c(c3)C(C)(C)c3ccccc3-4)cc2)C=c2c(n(-c3ccccc3)c3ccccc23)=CC1. The summed E-state index contributed by atoms with van der Waals surface area (Å²) in [5, 5.41) is 3.89. The lowest BCUT2D eigenvalue weighted by Gasteiger charge is -2.30. The van der Waals surface area contributed by atoms with Gasteiger partial charge in [-0.15, -0.1) is 0 Å². The van der Waals surface area contributed by atoms with E-state index in [0.29, 0.717) is 0 Å². The second kappa shape index (κ2) is 12.4. The van der Waals surface area contributed by atoms with E-state index in [1.165, 1.54) is 66.1 Å². The molecule has 7 aromatic carbocycles. The molecule has 2 nitrogen and oxygen atoms in total. The lowest BCUT2D eigenvalue weighted by Crippen LogP contribution is -2.36. The molecule has 0 saturated heterocycles. The summed E-state index contributed by atoms with van der Waals surface area (Å²) in [7, 11) is 0. The standard InChI is InChI=1S/C52H42N2/c1-51(2)47-20-12-10-18-43(47)44-31-30-42(34-48(44)51)53(40-26-22-37(23-27-40)36-14-6-4-7-15-36)41-28-24-38(25-29-41)52(3)33-32-50-46(35-52)45-19-11-13-21-49(45)54(50)39-16-8-5-9-17-39/h4-32,34-35H,33H2,1-3H3. The molecule has 260 valence electrons. The highest BCUT2D eigenvalue weighted by Gasteiger charge is 2.36. The predicted molar refractivity (Wildman–Crippen MR) is 228 cm³/mol. The number of rotatable bonds is 6. The monoisotopic (exact) mass is 694 g/mol. The molecular weight excluding hydrogens is 653 g/mol. The summed E-state index contributed by atoms with van der Waals surface area (Å²) in [6.07, 6.45) is 5.88. The van der Waals surface area contributed by atoms with Gasteiger partial charge in [0.25, 0.3) is 0 Å². The Labute approximate surface area is 317 Å². The van der Waals surface area contributed by atoms with Crippen molar-refractivity contribution in [2.24, 2.45) is 0 Å². The first kappa shape index (κ1) is 32.3. The first-order valence-electron chi connectivity index (χ1n) is 19.1. The van der Waals surface area contributed by atoms with E-state index < -0.39 is 0 Å². The van der Waals surface area contributed by atoms with Gasteiger partial charge in [-0.2, -0.15) is 0 Å². The minimum Gasteiger partial charge on any atom is -0.310 e. The molecule has 0 N–H and O–H groups in total. The van der Waals surface area contributed by atoms with Gasteiger partial charge in [-0.05, 0) is 100.0 Å². The lowest BCUT2D eigenvalue weighted by atomic mass is 9.77. The molecule has 0 fully saturated rings. The van der Waals surface area contributed by atoms with Gasteiger partial charge in [0.05, 0.1) is 5.52 Å². The lowest BCUT2D eigenvalue weighted by molar-refractivity contribution is 0.652. The molecule has 2 heteroatoms. The van der Waals surface area contributed by atoms with E-state index in [1.807, 2.05) is 0 Å². The van der Waals surface area contributed by atoms with Gasteiger partial charge in [0, 0.05) is 49.5 Å². The van der Waals surface area contributed by atoms with E-state index >= 15 is 0 Å². The van der Waals surface area contributed by atoms with Crippen molar-refractivity contribution in [2.45, 2.75) is 38.0 Å². The molecule has 0 radical (unpaired) electrons. The molecule has 1 aromatic heterocycles. The summed E-state index contributed by atoms with van der Waals surface area (Å²) in [6, 6.07) is 64.5. The van der Waals surface area contributed by atoms with Gasteiger partial charge in [0.15, 0.2) is 0 Å². The second-order valence-corrected chi connectivity index (χ2v) is 15.7. The van der Waals surface area contributed by atoms with E-state index in [0.717, 1.165) is 23.5 Å². The summed E-state index contributed by atoms with van der Waals surface area (Å²) >= 11 is 0. The first-order valence-corrected chi connectivity index (χ1v) is 19.1. The Balaban J connectivity index is 1.07. The molecule has 10 rings (SSSR count). The number of hydrogen-bond donors (Lipinski definition) is 0. The van der Waals surface area contributed by atoms with Crippen LogP contribution in [0.25, 0.3) is 51.0 Å². The van der Waals surface area contributed by atoms with Crippen LogP contribution in [0.4, 0.5) is 17.1 Å². The van der Waals surface area contributed by atoms with Crippen molar-refractivity contribution in [3.63, 3.8) is 0 Å². The maximum Gasteiger partial charge on any atom is 0.0540 e. The summed E-state index contributed by atoms with van der Waals surface area (Å²) in [6.45, 7) is 7.10. The van der Waals surface area contributed by atoms with Crippen molar-refractivity contribution >= 4 is 40.1 Å². The van der Waals surface area contributed by atoms with Crippen LogP contribution in [0.1, 0.15) is 43.9 Å². The highest BCUT2D eigenvalue weighted by Crippen LogP contribution is 2.50. The molecule has 0 aliphatic heterocycles. The van der Waals surface area contributed by atoms with E-state index in [9.17, 15) is 0 Å². The fourth-order valence-electron chi connectivity index (χ4n) is 9.08. The van der Waals surface area contributed by atoms with Crippen molar-refractivity contribution in [1.82, 2.24) is 4.57 Å². The van der Waals surface area contributed by atoms with Gasteiger partial charge in [-0.3, -0.25) is 0 Å². The van der Waals surface area contributed by atoms with E-state index in [-0.39, 0.29) is 10.8 Å². The fraction of sp³-hybridized carbons (Fsp3) is 0.115. The number of fused-ring (bicyclic) bond motifs is 6. The average Bonchev–Trinajstić information content (AvgIpc) is 3.66. The molecular formula is C52H42N2. The Hall–Kier alpha value is -6.38. The zero-order valence-corrected chi connectivity index (χ0v) is 31.0. The number of aromatic nitrogens is 1. The smallest absolute Gasteiger partial charge is 0.0540 e. The molecule has 1 unspecified atom stereocenters. The van der Waals surface area contributed by atoms with Crippen molar-refractivity contribution in [1.29, 1.82) is 0 Å². The molecule has 0 bridgehead atoms. The molecule has 2 aliphatic rings. The van der Waals surface area contributed by atoms with E-state index in [2.05, 4.69) is 218 Å². The highest BCUT2D eigenvalue weighted by atomic mass is 15.1. The Kier molecular flexibility index (Phi) is 7.39. The van der Waals surface area contributed by atoms with Crippen LogP contribution < -0.4 is 15.5 Å². The third-order valence-electron chi connectivity index (χ3n) is 12.0. The molecule has 0 saturated carbocycles. The fourth-order valence-corrected chi connectivity index (χ4v) is 9.08. The molecule has 1 heterocycles. The first-order chi connectivity index (χ1) is 26.4. The number of anilines is 3. The number of para-hydroxylation sites is 2. The Morgan fingerprint density at radius 2 is 1.11 bits per heavy atom. The molecule has 54 heavy (non-hydrogen) atoms. The average molecular weight is 695 g/mol. The summed E-state index contributed by atoms with van der Waals surface area (Å²) < 4.78 is 2.42. The van der Waals surface area contributed by atoms with Crippen LogP contribution in [0.3, 0.4) is 0 Å². The Morgan fingerprint density at radius 3 is 1.87 bits per heavy atom. The van der Waals surface area contributed by atoms with Crippen LogP contribution in [0.2, 0.25) is 0 Å². The van der Waals surface area contributed by atoms with Crippen LogP contribution in [0.15, 0.2) is 176 Å². The van der Waals surface area contributed by atoms with Crippen molar-refractivity contribution in [3.05, 3.63) is 203 Å². The van der Waals surface area contributed by atoms with Gasteiger partial charge in [0.2, 0.25) is 0 Å². The summed E-state index contributed by atoms with van der Waals surface area (Å²) in [5.41, 5.74) is 14.8. The maximum absolute atomic E-state index is 2.51. The highest BCUT2D eigenvalue weighted by molar-refractivity contribution is 5.87. The zero-order chi connectivity index (χ0) is 36.4. The second-order valence-electron chi connectivity index (χ2n) is 15.7. The van der Waals surface area contributed by atoms with Crippen LogP contribution in [0, 0.1) is 0 Å². The Bertz CT molecular complexity index is 2810. The van der Waals surface area contributed by atoms with Gasteiger partial charge in [-0.25, -0.2) is 0 Å². The van der Waals surface area contributed by atoms with Crippen molar-refractivity contribution in [3.8, 4) is 27.9 Å². The molecule has 0 amide bonds. The largest absolute Gasteiger partial charge is 0.310 e. The van der Waals surface area contributed by atoms with Crippen LogP contribution in [-0.4, -0.2) is 4.57 Å². The number of nitrogens with zero attached hydrogens (tertiary/aromatic N) is 2. The normalized spacial score (nSPS) is 16.5. The third-order valence-corrected chi connectivity index (χ3v) is 12.0. The quantitative estimate of drug-likeness (QED) is 0.168. The van der Waals surface area contributed by atoms with Crippen LogP contribution in [0.5, 0.6) is 0 Å². The van der Waals surface area contributed by atoms with Gasteiger partial charge in [-0.1, -0.05) is 154 Å². The maximum atomic E-state index is 2.51. The van der Waals surface area contributed by atoms with Crippen LogP contribution in [-0.2, 0) is 10.8 Å². The van der Waals surface area contributed by atoms with Crippen molar-refractivity contribution < 1.29 is 0 Å². The number of benzene rings is 7. The summed E-state index contributed by atoms with van der Waals surface area (Å²) in [5.74, 6) is 0. The topological polar surface area (TPSA) is 8.17 Å². The zero-order valence-electron chi connectivity index (χ0n) is 31.0. The minimum atomic E-state index is -0.150. The van der Waals surface area contributed by atoms with E-state index in [1.54, 1.807) is 0 Å². The minimum absolute atomic E-state index is 0.0843. The molecule has 8 aromatic rings. The van der Waals surface area contributed by atoms with Gasteiger partial charge >= 0.3 is 0 Å². The van der Waals surface area contributed by atoms with E-state index in [4.69, 9.17) is 0 Å². The molecule has 1 atom stereocenters.